The van der Waals surface area contributed by atoms with Crippen LogP contribution < -0.4 is 11.1 Å². The molecule has 28 heavy (non-hydrogen) atoms. The summed E-state index contributed by atoms with van der Waals surface area (Å²) in [6, 6.07) is 15.5. The van der Waals surface area contributed by atoms with Crippen LogP contribution in [0.15, 0.2) is 64.6 Å². The first-order valence-corrected chi connectivity index (χ1v) is 9.54. The van der Waals surface area contributed by atoms with E-state index in [1.165, 1.54) is 11.8 Å². The van der Waals surface area contributed by atoms with E-state index in [1.807, 2.05) is 67.7 Å². The summed E-state index contributed by atoms with van der Waals surface area (Å²) in [4.78, 5) is 28.9. The Morgan fingerprint density at radius 2 is 1.96 bits per heavy atom. The number of thioether (sulfide) groups is 1. The van der Waals surface area contributed by atoms with Crippen LogP contribution >= 0.6 is 11.8 Å². The number of benzene rings is 2. The van der Waals surface area contributed by atoms with E-state index in [0.29, 0.717) is 10.1 Å². The summed E-state index contributed by atoms with van der Waals surface area (Å²) in [6.07, 6.45) is 3.66. The van der Waals surface area contributed by atoms with E-state index in [-0.39, 0.29) is 12.5 Å². The fourth-order valence-electron chi connectivity index (χ4n) is 3.11. The molecule has 0 unspecified atom stereocenters. The number of nitrogens with zero attached hydrogens (tertiary/aromatic N) is 2. The number of nitrogens with two attached hydrogens (primary N) is 1. The smallest absolute Gasteiger partial charge is 0.264 e. The quantitative estimate of drug-likeness (QED) is 0.670. The topological polar surface area (TPSA) is 89.5 Å². The maximum atomic E-state index is 12.4. The molecule has 1 aromatic heterocycles. The number of primary amides is 1. The molecule has 140 valence electrons. The van der Waals surface area contributed by atoms with E-state index >= 15 is 0 Å². The predicted octanol–water partition coefficient (Wildman–Crippen LogP) is 3.33. The zero-order valence-corrected chi connectivity index (χ0v) is 16.0. The van der Waals surface area contributed by atoms with Crippen LogP contribution in [0.5, 0.6) is 0 Å². The molecule has 2 aromatic carbocycles. The number of hydrogen-bond acceptors (Lipinski definition) is 4. The Labute approximate surface area is 166 Å². The summed E-state index contributed by atoms with van der Waals surface area (Å²) in [5, 5.41) is 4.31. The van der Waals surface area contributed by atoms with Crippen LogP contribution in [0, 0.1) is 6.92 Å². The van der Waals surface area contributed by atoms with E-state index < -0.39 is 5.91 Å². The first-order chi connectivity index (χ1) is 13.5. The van der Waals surface area contributed by atoms with Crippen molar-refractivity contribution in [1.82, 2.24) is 9.88 Å². The van der Waals surface area contributed by atoms with Crippen molar-refractivity contribution in [3.8, 4) is 0 Å². The van der Waals surface area contributed by atoms with Gasteiger partial charge < -0.3 is 15.6 Å². The number of nitrogens with one attached hydrogen (secondary N) is 1. The van der Waals surface area contributed by atoms with Crippen LogP contribution in [0.25, 0.3) is 17.0 Å². The number of aryl methyl sites for hydroxylation is 1. The summed E-state index contributed by atoms with van der Waals surface area (Å²) >= 11 is 1.30. The Morgan fingerprint density at radius 1 is 1.21 bits per heavy atom. The van der Waals surface area contributed by atoms with Crippen molar-refractivity contribution in [1.29, 1.82) is 0 Å². The molecule has 0 bridgehead atoms. The van der Waals surface area contributed by atoms with Gasteiger partial charge in [0, 0.05) is 22.7 Å². The summed E-state index contributed by atoms with van der Waals surface area (Å²) in [5.74, 6) is -0.607. The van der Waals surface area contributed by atoms with Gasteiger partial charge in [-0.15, -0.1) is 0 Å². The summed E-state index contributed by atoms with van der Waals surface area (Å²) in [5.41, 5.74) is 8.96. The van der Waals surface area contributed by atoms with Gasteiger partial charge in [0.05, 0.1) is 10.6 Å². The average Bonchev–Trinajstić information content (AvgIpc) is 3.18. The van der Waals surface area contributed by atoms with Gasteiger partial charge in [-0.2, -0.15) is 0 Å². The Bertz CT molecular complexity index is 1160. The number of para-hydroxylation sites is 2. The lowest BCUT2D eigenvalue weighted by molar-refractivity contribution is -0.118. The minimum Gasteiger partial charge on any atom is -0.368 e. The highest BCUT2D eigenvalue weighted by Gasteiger charge is 2.24. The fourth-order valence-corrected chi connectivity index (χ4v) is 3.93. The third-order valence-electron chi connectivity index (χ3n) is 4.42. The molecule has 2 amide bonds. The van der Waals surface area contributed by atoms with Crippen molar-refractivity contribution < 1.29 is 9.59 Å². The van der Waals surface area contributed by atoms with Crippen LogP contribution in [-0.2, 0) is 16.1 Å². The van der Waals surface area contributed by atoms with Gasteiger partial charge in [-0.1, -0.05) is 36.4 Å². The second kappa shape index (κ2) is 7.36. The van der Waals surface area contributed by atoms with Gasteiger partial charge >= 0.3 is 0 Å². The van der Waals surface area contributed by atoms with Gasteiger partial charge in [-0.25, -0.2) is 4.99 Å². The standard InChI is InChI=1S/C21H18N4O2S/c1-13-6-2-4-8-16(13)23-21-24-20(27)18(28-21)10-14-11-25(12-19(22)26)17-9-5-3-7-15(14)17/h2-11H,12H2,1H3,(H2,22,26)(H,23,24,27)/b18-10-. The lowest BCUT2D eigenvalue weighted by atomic mass is 10.1. The first-order valence-electron chi connectivity index (χ1n) is 8.72. The molecule has 0 spiro atoms. The molecule has 0 saturated carbocycles. The van der Waals surface area contributed by atoms with Gasteiger partial charge in [0.2, 0.25) is 5.91 Å². The molecule has 0 radical (unpaired) electrons. The van der Waals surface area contributed by atoms with Crippen molar-refractivity contribution in [2.24, 2.45) is 10.7 Å². The lowest BCUT2D eigenvalue weighted by Gasteiger charge is -2.00. The molecule has 3 N–H and O–H groups in total. The first kappa shape index (κ1) is 18.1. The van der Waals surface area contributed by atoms with Crippen molar-refractivity contribution in [2.75, 3.05) is 0 Å². The average molecular weight is 390 g/mol. The predicted molar refractivity (Wildman–Crippen MR) is 113 cm³/mol. The molecular weight excluding hydrogens is 372 g/mol. The normalized spacial score (nSPS) is 16.8. The number of aliphatic imine (C=N–C) groups is 1. The molecule has 0 aliphatic carbocycles. The highest BCUT2D eigenvalue weighted by atomic mass is 32.2. The van der Waals surface area contributed by atoms with Crippen molar-refractivity contribution in [2.45, 2.75) is 13.5 Å². The Kier molecular flexibility index (Phi) is 4.75. The van der Waals surface area contributed by atoms with Gasteiger partial charge in [0.25, 0.3) is 5.91 Å². The number of hydrogen-bond donors (Lipinski definition) is 2. The van der Waals surface area contributed by atoms with Crippen molar-refractivity contribution in [3.63, 3.8) is 0 Å². The molecule has 7 heteroatoms. The number of rotatable bonds is 4. The van der Waals surface area contributed by atoms with E-state index in [0.717, 1.165) is 27.7 Å². The number of carbonyl (C=O) groups excluding carboxylic acids is 2. The van der Waals surface area contributed by atoms with Crippen LogP contribution in [0.1, 0.15) is 11.1 Å². The Hall–Kier alpha value is -3.32. The van der Waals surface area contributed by atoms with E-state index in [2.05, 4.69) is 10.3 Å². The minimum atomic E-state index is -0.416. The van der Waals surface area contributed by atoms with Crippen LogP contribution in [0.4, 0.5) is 5.69 Å². The zero-order valence-electron chi connectivity index (χ0n) is 15.2. The highest BCUT2D eigenvalue weighted by Crippen LogP contribution is 2.31. The fraction of sp³-hybridized carbons (Fsp3) is 0.0952. The molecular formula is C21H18N4O2S. The van der Waals surface area contributed by atoms with Gasteiger partial charge in [0.1, 0.15) is 6.54 Å². The molecule has 1 aliphatic rings. The number of aromatic nitrogens is 1. The number of amides is 2. The highest BCUT2D eigenvalue weighted by molar-refractivity contribution is 8.18. The maximum absolute atomic E-state index is 12.4. The monoisotopic (exact) mass is 390 g/mol. The van der Waals surface area contributed by atoms with Crippen molar-refractivity contribution >= 4 is 51.4 Å². The summed E-state index contributed by atoms with van der Waals surface area (Å²) in [7, 11) is 0. The van der Waals surface area contributed by atoms with Gasteiger partial charge in [-0.05, 0) is 42.5 Å². The number of fused-ring (bicyclic) bond motifs is 1. The second-order valence-corrected chi connectivity index (χ2v) is 7.49. The maximum Gasteiger partial charge on any atom is 0.264 e. The van der Waals surface area contributed by atoms with E-state index in [9.17, 15) is 9.59 Å². The van der Waals surface area contributed by atoms with Crippen LogP contribution in [-0.4, -0.2) is 21.5 Å². The SMILES string of the molecule is Cc1ccccc1N=C1NC(=O)/C(=C/c2cn(CC(N)=O)c3ccccc23)S1. The second-order valence-electron chi connectivity index (χ2n) is 6.46. The summed E-state index contributed by atoms with van der Waals surface area (Å²) < 4.78 is 1.80. The van der Waals surface area contributed by atoms with Crippen molar-refractivity contribution in [3.05, 3.63) is 70.8 Å². The Morgan fingerprint density at radius 3 is 2.75 bits per heavy atom. The molecule has 3 aromatic rings. The van der Waals surface area contributed by atoms with E-state index in [1.54, 1.807) is 4.57 Å². The third-order valence-corrected chi connectivity index (χ3v) is 5.33. The Balaban J connectivity index is 1.69. The van der Waals surface area contributed by atoms with Gasteiger partial charge in [-0.3, -0.25) is 9.59 Å². The van der Waals surface area contributed by atoms with Crippen LogP contribution in [0.2, 0.25) is 0 Å². The third kappa shape index (κ3) is 3.57. The lowest BCUT2D eigenvalue weighted by Crippen LogP contribution is -2.19. The molecule has 1 fully saturated rings. The van der Waals surface area contributed by atoms with Gasteiger partial charge in [0.15, 0.2) is 5.17 Å². The molecule has 0 atom stereocenters. The number of carbonyl (C=O) groups is 2. The van der Waals surface area contributed by atoms with E-state index in [4.69, 9.17) is 5.73 Å². The zero-order chi connectivity index (χ0) is 19.7. The molecule has 1 saturated heterocycles. The molecule has 2 heterocycles. The molecule has 4 rings (SSSR count). The number of amidine groups is 1. The molecule has 1 aliphatic heterocycles. The van der Waals surface area contributed by atoms with Crippen LogP contribution in [0.3, 0.4) is 0 Å². The largest absolute Gasteiger partial charge is 0.368 e. The minimum absolute atomic E-state index is 0.0863. The summed E-state index contributed by atoms with van der Waals surface area (Å²) in [6.45, 7) is 2.06. The molecule has 6 nitrogen and oxygen atoms in total.